The van der Waals surface area contributed by atoms with E-state index in [0.29, 0.717) is 6.42 Å². The molecule has 0 saturated carbocycles. The normalized spacial score (nSPS) is 11.3. The van der Waals surface area contributed by atoms with Crippen molar-refractivity contribution in [3.63, 3.8) is 0 Å². The van der Waals surface area contributed by atoms with Crippen molar-refractivity contribution in [1.82, 2.24) is 0 Å². The zero-order valence-corrected chi connectivity index (χ0v) is 15.4. The number of aliphatic carboxylic acids is 2. The highest BCUT2D eigenvalue weighted by Crippen LogP contribution is 2.41. The van der Waals surface area contributed by atoms with Gasteiger partial charge in [0.05, 0.1) is 0 Å². The molecule has 26 heavy (non-hydrogen) atoms. The van der Waals surface area contributed by atoms with E-state index in [9.17, 15) is 14.7 Å². The van der Waals surface area contributed by atoms with Crippen LogP contribution in [0.25, 0.3) is 0 Å². The standard InChI is InChI=1S/C22H26O4/c1-3-16-10-5-7-12-18(16)22(21(25)26,15-9-14-20(23)24)19-13-8-6-11-17(19)4-2/h5-8,10-13H,3-4,9,14-15H2,1-2H3,(H,23,24)(H,25,26). The van der Waals surface area contributed by atoms with E-state index in [1.165, 1.54) is 0 Å². The summed E-state index contributed by atoms with van der Waals surface area (Å²) in [5.74, 6) is -1.83. The lowest BCUT2D eigenvalue weighted by Gasteiger charge is -2.34. The average molecular weight is 354 g/mol. The second-order valence-corrected chi connectivity index (χ2v) is 6.48. The van der Waals surface area contributed by atoms with E-state index in [4.69, 9.17) is 5.11 Å². The maximum Gasteiger partial charge on any atom is 0.318 e. The lowest BCUT2D eigenvalue weighted by molar-refractivity contribution is -0.143. The quantitative estimate of drug-likeness (QED) is 0.698. The second kappa shape index (κ2) is 8.65. The van der Waals surface area contributed by atoms with Gasteiger partial charge in [0.15, 0.2) is 0 Å². The summed E-state index contributed by atoms with van der Waals surface area (Å²) in [7, 11) is 0. The molecule has 0 aliphatic rings. The molecule has 0 heterocycles. The number of carbonyl (C=O) groups is 2. The number of benzene rings is 2. The Morgan fingerprint density at radius 2 is 1.31 bits per heavy atom. The summed E-state index contributed by atoms with van der Waals surface area (Å²) < 4.78 is 0. The molecule has 0 fully saturated rings. The molecule has 0 unspecified atom stereocenters. The summed E-state index contributed by atoms with van der Waals surface area (Å²) in [6.07, 6.45) is 1.95. The molecule has 0 saturated heterocycles. The van der Waals surface area contributed by atoms with E-state index in [2.05, 4.69) is 0 Å². The van der Waals surface area contributed by atoms with Gasteiger partial charge in [0.1, 0.15) is 5.41 Å². The number of hydrogen-bond donors (Lipinski definition) is 2. The number of carboxylic acids is 2. The van der Waals surface area contributed by atoms with Crippen LogP contribution in [0.2, 0.25) is 0 Å². The molecule has 4 heteroatoms. The minimum absolute atomic E-state index is 0.0440. The maximum absolute atomic E-state index is 12.7. The maximum atomic E-state index is 12.7. The van der Waals surface area contributed by atoms with Crippen molar-refractivity contribution in [1.29, 1.82) is 0 Å². The molecule has 0 amide bonds. The summed E-state index contributed by atoms with van der Waals surface area (Å²) in [6, 6.07) is 15.2. The van der Waals surface area contributed by atoms with Crippen LogP contribution in [0.15, 0.2) is 48.5 Å². The summed E-state index contributed by atoms with van der Waals surface area (Å²) in [6.45, 7) is 4.02. The SMILES string of the molecule is CCc1ccccc1C(CCCC(=O)O)(C(=O)O)c1ccccc1CC. The van der Waals surface area contributed by atoms with Gasteiger partial charge in [-0.05, 0) is 47.9 Å². The van der Waals surface area contributed by atoms with Gasteiger partial charge in [-0.2, -0.15) is 0 Å². The minimum Gasteiger partial charge on any atom is -0.481 e. The largest absolute Gasteiger partial charge is 0.481 e. The molecule has 0 spiro atoms. The number of rotatable bonds is 9. The molecule has 0 aliphatic heterocycles. The van der Waals surface area contributed by atoms with Crippen LogP contribution in [0.3, 0.4) is 0 Å². The van der Waals surface area contributed by atoms with E-state index in [-0.39, 0.29) is 12.8 Å². The third-order valence-electron chi connectivity index (χ3n) is 5.02. The first kappa shape index (κ1) is 19.7. The van der Waals surface area contributed by atoms with Gasteiger partial charge in [0.25, 0.3) is 0 Å². The van der Waals surface area contributed by atoms with Crippen LogP contribution >= 0.6 is 0 Å². The van der Waals surface area contributed by atoms with E-state index in [1.807, 2.05) is 62.4 Å². The van der Waals surface area contributed by atoms with Crippen LogP contribution in [-0.4, -0.2) is 22.2 Å². The Kier molecular flexibility index (Phi) is 6.56. The van der Waals surface area contributed by atoms with Crippen molar-refractivity contribution < 1.29 is 19.8 Å². The smallest absolute Gasteiger partial charge is 0.318 e. The Bertz CT molecular complexity index is 732. The fourth-order valence-corrected chi connectivity index (χ4v) is 3.75. The van der Waals surface area contributed by atoms with Crippen molar-refractivity contribution in [2.75, 3.05) is 0 Å². The first-order valence-corrected chi connectivity index (χ1v) is 9.09. The fourth-order valence-electron chi connectivity index (χ4n) is 3.75. The van der Waals surface area contributed by atoms with E-state index >= 15 is 0 Å². The zero-order valence-electron chi connectivity index (χ0n) is 15.4. The molecule has 138 valence electrons. The molecule has 0 radical (unpaired) electrons. The highest BCUT2D eigenvalue weighted by molar-refractivity contribution is 5.87. The third kappa shape index (κ3) is 3.79. The Hall–Kier alpha value is -2.62. The van der Waals surface area contributed by atoms with Crippen LogP contribution in [0.1, 0.15) is 55.4 Å². The van der Waals surface area contributed by atoms with Gasteiger partial charge in [-0.1, -0.05) is 62.4 Å². The summed E-state index contributed by atoms with van der Waals surface area (Å²) in [5.41, 5.74) is 2.25. The molecule has 2 rings (SSSR count). The van der Waals surface area contributed by atoms with Gasteiger partial charge < -0.3 is 10.2 Å². The van der Waals surface area contributed by atoms with E-state index in [0.717, 1.165) is 35.1 Å². The number of carboxylic acid groups (broad SMARTS) is 2. The lowest BCUT2D eigenvalue weighted by atomic mass is 9.67. The van der Waals surface area contributed by atoms with Crippen molar-refractivity contribution >= 4 is 11.9 Å². The molecule has 2 aromatic rings. The molecule has 2 aromatic carbocycles. The molecule has 0 aromatic heterocycles. The predicted molar refractivity (Wildman–Crippen MR) is 102 cm³/mol. The van der Waals surface area contributed by atoms with Crippen LogP contribution in [-0.2, 0) is 27.8 Å². The first-order chi connectivity index (χ1) is 12.5. The summed E-state index contributed by atoms with van der Waals surface area (Å²) >= 11 is 0. The average Bonchev–Trinajstić information content (AvgIpc) is 2.65. The van der Waals surface area contributed by atoms with Gasteiger partial charge in [0, 0.05) is 6.42 Å². The summed E-state index contributed by atoms with van der Waals surface area (Å²) in [4.78, 5) is 23.7. The summed E-state index contributed by atoms with van der Waals surface area (Å²) in [5, 5.41) is 19.4. The molecule has 4 nitrogen and oxygen atoms in total. The monoisotopic (exact) mass is 354 g/mol. The highest BCUT2D eigenvalue weighted by atomic mass is 16.4. The topological polar surface area (TPSA) is 74.6 Å². The minimum atomic E-state index is -1.24. The van der Waals surface area contributed by atoms with Gasteiger partial charge >= 0.3 is 11.9 Å². The van der Waals surface area contributed by atoms with Crippen molar-refractivity contribution in [3.8, 4) is 0 Å². The molecule has 0 bridgehead atoms. The molecular weight excluding hydrogens is 328 g/mol. The van der Waals surface area contributed by atoms with Crippen LogP contribution in [0.5, 0.6) is 0 Å². The lowest BCUT2D eigenvalue weighted by Crippen LogP contribution is -2.39. The Morgan fingerprint density at radius 1 is 0.846 bits per heavy atom. The first-order valence-electron chi connectivity index (χ1n) is 9.09. The third-order valence-corrected chi connectivity index (χ3v) is 5.02. The molecular formula is C22H26O4. The second-order valence-electron chi connectivity index (χ2n) is 6.48. The van der Waals surface area contributed by atoms with Gasteiger partial charge in [-0.15, -0.1) is 0 Å². The fraction of sp³-hybridized carbons (Fsp3) is 0.364. The Morgan fingerprint density at radius 3 is 1.69 bits per heavy atom. The van der Waals surface area contributed by atoms with E-state index in [1.54, 1.807) is 0 Å². The van der Waals surface area contributed by atoms with Crippen LogP contribution in [0, 0.1) is 0 Å². The van der Waals surface area contributed by atoms with Crippen molar-refractivity contribution in [2.45, 2.75) is 51.4 Å². The Labute approximate surface area is 154 Å². The van der Waals surface area contributed by atoms with Gasteiger partial charge in [-0.3, -0.25) is 9.59 Å². The van der Waals surface area contributed by atoms with Gasteiger partial charge in [0.2, 0.25) is 0 Å². The zero-order chi connectivity index (χ0) is 19.2. The van der Waals surface area contributed by atoms with Crippen LogP contribution in [0.4, 0.5) is 0 Å². The molecule has 0 aliphatic carbocycles. The molecule has 0 atom stereocenters. The number of hydrogen-bond acceptors (Lipinski definition) is 2. The number of aryl methyl sites for hydroxylation is 2. The Balaban J connectivity index is 2.73. The van der Waals surface area contributed by atoms with Crippen molar-refractivity contribution in [3.05, 3.63) is 70.8 Å². The predicted octanol–water partition coefficient (Wildman–Crippen LogP) is 4.44. The van der Waals surface area contributed by atoms with Gasteiger partial charge in [-0.25, -0.2) is 0 Å². The van der Waals surface area contributed by atoms with E-state index < -0.39 is 17.4 Å². The molecule has 2 N–H and O–H groups in total. The van der Waals surface area contributed by atoms with Crippen LogP contribution < -0.4 is 0 Å². The highest BCUT2D eigenvalue weighted by Gasteiger charge is 2.44. The van der Waals surface area contributed by atoms with Crippen molar-refractivity contribution in [2.24, 2.45) is 0 Å².